The third-order valence-corrected chi connectivity index (χ3v) is 9.87. The third kappa shape index (κ3) is 8.87. The Labute approximate surface area is 275 Å². The molecule has 0 aliphatic rings. The number of nitrogens with zero attached hydrogens (tertiary/aromatic N) is 2. The largest absolute Gasteiger partial charge is 0.354 e. The van der Waals surface area contributed by atoms with Gasteiger partial charge < -0.3 is 10.2 Å². The molecule has 0 bridgehead atoms. The van der Waals surface area contributed by atoms with Crippen molar-refractivity contribution in [2.75, 3.05) is 17.4 Å². The van der Waals surface area contributed by atoms with Gasteiger partial charge in [-0.25, -0.2) is 8.42 Å². The number of carbonyl (C=O) groups excluding carboxylic acids is 2. The lowest BCUT2D eigenvalue weighted by Gasteiger charge is -2.34. The normalized spacial score (nSPS) is 11.9. The fourth-order valence-electron chi connectivity index (χ4n) is 4.81. The van der Waals surface area contributed by atoms with E-state index >= 15 is 0 Å². The number of hydrogen-bond acceptors (Lipinski definition) is 4. The smallest absolute Gasteiger partial charge is 0.264 e. The van der Waals surface area contributed by atoms with E-state index < -0.39 is 28.5 Å². The van der Waals surface area contributed by atoms with Crippen molar-refractivity contribution in [3.63, 3.8) is 0 Å². The Morgan fingerprint density at radius 2 is 1.51 bits per heavy atom. The Morgan fingerprint density at radius 3 is 2.13 bits per heavy atom. The van der Waals surface area contributed by atoms with E-state index in [2.05, 4.69) is 5.32 Å². The summed E-state index contributed by atoms with van der Waals surface area (Å²) < 4.78 is 29.4. The molecular weight excluding hydrogens is 629 g/mol. The number of benzene rings is 4. The van der Waals surface area contributed by atoms with Gasteiger partial charge in [-0.15, -0.1) is 0 Å². The molecule has 10 heteroatoms. The van der Waals surface area contributed by atoms with Crippen LogP contribution in [0.25, 0.3) is 0 Å². The minimum Gasteiger partial charge on any atom is -0.354 e. The van der Waals surface area contributed by atoms with E-state index in [4.69, 9.17) is 23.2 Å². The number of halogens is 2. The fraction of sp³-hybridized carbons (Fsp3) is 0.257. The second-order valence-electron chi connectivity index (χ2n) is 10.9. The number of hydrogen-bond donors (Lipinski definition) is 1. The van der Waals surface area contributed by atoms with Crippen molar-refractivity contribution >= 4 is 50.7 Å². The van der Waals surface area contributed by atoms with Gasteiger partial charge in [0.05, 0.1) is 10.6 Å². The first-order valence-corrected chi connectivity index (χ1v) is 16.9. The molecule has 0 aliphatic carbocycles. The molecular formula is C35H37Cl2N3O4S. The SMILES string of the molecule is CCCNC(=O)[C@H](Cc1ccccc1)N(Cc1ccc(Cl)cc1)C(=O)CN(c1ccc(C)c(Cl)c1)S(=O)(=O)c1ccc(C)cc1. The van der Waals surface area contributed by atoms with Gasteiger partial charge in [-0.1, -0.05) is 96.4 Å². The van der Waals surface area contributed by atoms with Gasteiger partial charge in [0.1, 0.15) is 12.6 Å². The maximum atomic E-state index is 14.5. The van der Waals surface area contributed by atoms with E-state index in [0.29, 0.717) is 23.0 Å². The Balaban J connectivity index is 1.81. The minimum absolute atomic E-state index is 0.0309. The minimum atomic E-state index is -4.22. The number of sulfonamides is 1. The quantitative estimate of drug-likeness (QED) is 0.167. The van der Waals surface area contributed by atoms with E-state index in [1.54, 1.807) is 48.5 Å². The molecule has 236 valence electrons. The molecule has 1 atom stereocenters. The zero-order valence-corrected chi connectivity index (χ0v) is 27.9. The lowest BCUT2D eigenvalue weighted by Crippen LogP contribution is -2.53. The highest BCUT2D eigenvalue weighted by Gasteiger charge is 2.34. The summed E-state index contributed by atoms with van der Waals surface area (Å²) >= 11 is 12.6. The maximum Gasteiger partial charge on any atom is 0.264 e. The lowest BCUT2D eigenvalue weighted by molar-refractivity contribution is -0.140. The first-order chi connectivity index (χ1) is 21.5. The molecule has 0 saturated carbocycles. The Bertz CT molecular complexity index is 1710. The number of amides is 2. The van der Waals surface area contributed by atoms with Crippen molar-refractivity contribution in [1.82, 2.24) is 10.2 Å². The van der Waals surface area contributed by atoms with E-state index in [9.17, 15) is 18.0 Å². The van der Waals surface area contributed by atoms with Crippen LogP contribution >= 0.6 is 23.2 Å². The molecule has 0 spiro atoms. The van der Waals surface area contributed by atoms with E-state index in [-0.39, 0.29) is 29.5 Å². The second-order valence-corrected chi connectivity index (χ2v) is 13.6. The van der Waals surface area contributed by atoms with Gasteiger partial charge in [0.2, 0.25) is 11.8 Å². The Kier molecular flexibility index (Phi) is 11.7. The highest BCUT2D eigenvalue weighted by atomic mass is 35.5. The highest BCUT2D eigenvalue weighted by Crippen LogP contribution is 2.29. The van der Waals surface area contributed by atoms with Crippen LogP contribution in [0.4, 0.5) is 5.69 Å². The molecule has 0 radical (unpaired) electrons. The van der Waals surface area contributed by atoms with Crippen molar-refractivity contribution in [2.45, 2.75) is 51.1 Å². The average molecular weight is 667 g/mol. The topological polar surface area (TPSA) is 86.8 Å². The lowest BCUT2D eigenvalue weighted by atomic mass is 10.0. The zero-order chi connectivity index (χ0) is 32.6. The molecule has 2 amide bonds. The van der Waals surface area contributed by atoms with E-state index in [0.717, 1.165) is 26.6 Å². The van der Waals surface area contributed by atoms with E-state index in [1.165, 1.54) is 23.1 Å². The standard InChI is InChI=1S/C35H37Cl2N3O4S/c1-4-20-38-35(42)33(21-27-8-6-5-7-9-27)39(23-28-13-15-29(36)16-14-28)34(41)24-40(30-17-12-26(3)32(37)22-30)45(43,44)31-18-10-25(2)11-19-31/h5-19,22,33H,4,20-21,23-24H2,1-3H3,(H,38,42)/t33-/m0/s1. The van der Waals surface area contributed by atoms with Crippen LogP contribution in [0.3, 0.4) is 0 Å². The van der Waals surface area contributed by atoms with Crippen molar-refractivity contribution in [3.05, 3.63) is 129 Å². The number of nitrogens with one attached hydrogen (secondary N) is 1. The Morgan fingerprint density at radius 1 is 0.844 bits per heavy atom. The molecule has 0 unspecified atom stereocenters. The summed E-state index contributed by atoms with van der Waals surface area (Å²) in [5.41, 5.74) is 3.49. The van der Waals surface area contributed by atoms with Gasteiger partial charge >= 0.3 is 0 Å². The maximum absolute atomic E-state index is 14.5. The predicted molar refractivity (Wildman–Crippen MR) is 181 cm³/mol. The molecule has 7 nitrogen and oxygen atoms in total. The molecule has 0 aliphatic heterocycles. The summed E-state index contributed by atoms with van der Waals surface area (Å²) in [6.07, 6.45) is 0.947. The summed E-state index contributed by atoms with van der Waals surface area (Å²) in [4.78, 5) is 29.7. The van der Waals surface area contributed by atoms with Gasteiger partial charge in [0.25, 0.3) is 10.0 Å². The summed E-state index contributed by atoms with van der Waals surface area (Å²) in [5.74, 6) is -0.876. The molecule has 0 saturated heterocycles. The summed E-state index contributed by atoms with van der Waals surface area (Å²) in [6.45, 7) is 5.55. The number of rotatable bonds is 13. The van der Waals surface area contributed by atoms with Crippen molar-refractivity contribution in [2.24, 2.45) is 0 Å². The summed E-state index contributed by atoms with van der Waals surface area (Å²) in [6, 6.07) is 26.8. The van der Waals surface area contributed by atoms with Gasteiger partial charge in [0, 0.05) is 29.6 Å². The van der Waals surface area contributed by atoms with Crippen LogP contribution in [0, 0.1) is 13.8 Å². The first-order valence-electron chi connectivity index (χ1n) is 14.7. The van der Waals surface area contributed by atoms with Crippen LogP contribution in [0.5, 0.6) is 0 Å². The van der Waals surface area contributed by atoms with Crippen molar-refractivity contribution in [1.29, 1.82) is 0 Å². The van der Waals surface area contributed by atoms with Crippen molar-refractivity contribution < 1.29 is 18.0 Å². The van der Waals surface area contributed by atoms with Crippen LogP contribution in [0.2, 0.25) is 10.0 Å². The Hall–Kier alpha value is -3.85. The monoisotopic (exact) mass is 665 g/mol. The predicted octanol–water partition coefficient (Wildman–Crippen LogP) is 6.97. The molecule has 4 aromatic rings. The first kappa shape index (κ1) is 34.0. The molecule has 4 rings (SSSR count). The van der Waals surface area contributed by atoms with E-state index in [1.807, 2.05) is 51.1 Å². The number of aryl methyl sites for hydroxylation is 2. The van der Waals surface area contributed by atoms with Crippen LogP contribution < -0.4 is 9.62 Å². The number of carbonyl (C=O) groups is 2. The molecule has 0 fully saturated rings. The highest BCUT2D eigenvalue weighted by molar-refractivity contribution is 7.92. The van der Waals surface area contributed by atoms with Gasteiger partial charge in [-0.3, -0.25) is 13.9 Å². The van der Waals surface area contributed by atoms with Crippen molar-refractivity contribution in [3.8, 4) is 0 Å². The third-order valence-electron chi connectivity index (χ3n) is 7.42. The number of anilines is 1. The fourth-order valence-corrected chi connectivity index (χ4v) is 6.52. The van der Waals surface area contributed by atoms with Gasteiger partial charge in [0.15, 0.2) is 0 Å². The van der Waals surface area contributed by atoms with Gasteiger partial charge in [-0.05, 0) is 73.4 Å². The zero-order valence-electron chi connectivity index (χ0n) is 25.5. The molecule has 0 aromatic heterocycles. The summed E-state index contributed by atoms with van der Waals surface area (Å²) in [5, 5.41) is 3.84. The van der Waals surface area contributed by atoms with Crippen LogP contribution in [-0.2, 0) is 32.6 Å². The summed E-state index contributed by atoms with van der Waals surface area (Å²) in [7, 11) is -4.22. The molecule has 4 aromatic carbocycles. The van der Waals surface area contributed by atoms with Crippen LogP contribution in [-0.4, -0.2) is 44.3 Å². The molecule has 45 heavy (non-hydrogen) atoms. The average Bonchev–Trinajstić information content (AvgIpc) is 3.03. The molecule has 1 N–H and O–H groups in total. The van der Waals surface area contributed by atoms with Gasteiger partial charge in [-0.2, -0.15) is 0 Å². The second kappa shape index (κ2) is 15.4. The van der Waals surface area contributed by atoms with Crippen LogP contribution in [0.1, 0.15) is 35.6 Å². The molecule has 0 heterocycles. The van der Waals surface area contributed by atoms with Crippen LogP contribution in [0.15, 0.2) is 102 Å².